The van der Waals surface area contributed by atoms with Gasteiger partial charge in [-0.3, -0.25) is 4.79 Å². The summed E-state index contributed by atoms with van der Waals surface area (Å²) in [5.41, 5.74) is 0. The third-order valence-corrected chi connectivity index (χ3v) is 2.36. The first kappa shape index (κ1) is 10.8. The molecule has 0 saturated carbocycles. The Morgan fingerprint density at radius 1 is 1.54 bits per heavy atom. The Balaban J connectivity index is 2.29. The van der Waals surface area contributed by atoms with Crippen molar-refractivity contribution < 1.29 is 9.53 Å². The van der Waals surface area contributed by atoms with Gasteiger partial charge in [0.2, 0.25) is 5.91 Å². The predicted molar refractivity (Wildman–Crippen MR) is 51.9 cm³/mol. The van der Waals surface area contributed by atoms with E-state index in [0.717, 1.165) is 32.5 Å². The van der Waals surface area contributed by atoms with Crippen LogP contribution in [0.2, 0.25) is 0 Å². The van der Waals surface area contributed by atoms with Crippen LogP contribution >= 0.6 is 11.6 Å². The smallest absolute Gasteiger partial charge is 0.237 e. The summed E-state index contributed by atoms with van der Waals surface area (Å²) in [5, 5.41) is 2.47. The van der Waals surface area contributed by atoms with Crippen LogP contribution in [0, 0.1) is 0 Å². The topological polar surface area (TPSA) is 38.3 Å². The second-order valence-corrected chi connectivity index (χ2v) is 4.02. The molecule has 1 aliphatic heterocycles. The maximum absolute atomic E-state index is 11.2. The molecule has 4 heteroatoms. The number of carbonyl (C=O) groups is 1. The van der Waals surface area contributed by atoms with E-state index in [1.54, 1.807) is 6.92 Å². The van der Waals surface area contributed by atoms with Crippen LogP contribution in [0.1, 0.15) is 26.2 Å². The first-order valence-electron chi connectivity index (χ1n) is 4.72. The lowest BCUT2D eigenvalue weighted by atomic mass is 10.1. The largest absolute Gasteiger partial charge is 0.381 e. The van der Waals surface area contributed by atoms with Crippen LogP contribution in [0.3, 0.4) is 0 Å². The van der Waals surface area contributed by atoms with Crippen molar-refractivity contribution in [3.8, 4) is 0 Å². The van der Waals surface area contributed by atoms with Crippen molar-refractivity contribution >= 4 is 17.5 Å². The number of hydrogen-bond donors (Lipinski definition) is 1. The summed E-state index contributed by atoms with van der Waals surface area (Å²) >= 11 is 5.64. The molecule has 1 aliphatic rings. The van der Waals surface area contributed by atoms with Gasteiger partial charge in [0.1, 0.15) is 5.38 Å². The van der Waals surface area contributed by atoms with Crippen molar-refractivity contribution in [1.29, 1.82) is 0 Å². The maximum Gasteiger partial charge on any atom is 0.237 e. The van der Waals surface area contributed by atoms with Crippen molar-refractivity contribution in [3.05, 3.63) is 0 Å². The van der Waals surface area contributed by atoms with E-state index in [2.05, 4.69) is 5.32 Å². The molecule has 2 atom stereocenters. The molecule has 1 rings (SSSR count). The number of rotatable bonds is 2. The van der Waals surface area contributed by atoms with E-state index in [-0.39, 0.29) is 11.9 Å². The van der Waals surface area contributed by atoms with Gasteiger partial charge in [-0.2, -0.15) is 0 Å². The van der Waals surface area contributed by atoms with Gasteiger partial charge in [-0.05, 0) is 26.2 Å². The molecular weight excluding hydrogens is 190 g/mol. The minimum atomic E-state index is -0.441. The predicted octanol–water partition coefficient (Wildman–Crippen LogP) is 1.30. The van der Waals surface area contributed by atoms with E-state index >= 15 is 0 Å². The first-order chi connectivity index (χ1) is 6.20. The van der Waals surface area contributed by atoms with E-state index < -0.39 is 5.38 Å². The molecule has 1 fully saturated rings. The first-order valence-corrected chi connectivity index (χ1v) is 5.16. The van der Waals surface area contributed by atoms with Crippen LogP contribution in [0.15, 0.2) is 0 Å². The number of nitrogens with one attached hydrogen (secondary N) is 1. The van der Waals surface area contributed by atoms with Gasteiger partial charge in [0.15, 0.2) is 0 Å². The molecule has 0 aromatic rings. The monoisotopic (exact) mass is 205 g/mol. The zero-order valence-corrected chi connectivity index (χ0v) is 8.64. The summed E-state index contributed by atoms with van der Waals surface area (Å²) in [6, 6.07) is 0.246. The molecule has 13 heavy (non-hydrogen) atoms. The number of alkyl halides is 1. The standard InChI is InChI=1S/C9H16ClNO2/c1-7(10)9(12)11-8-3-2-5-13-6-4-8/h7-8H,2-6H2,1H3,(H,11,12). The molecule has 0 spiro atoms. The van der Waals surface area contributed by atoms with Gasteiger partial charge in [-0.25, -0.2) is 0 Å². The zero-order chi connectivity index (χ0) is 9.68. The number of ether oxygens (including phenoxy) is 1. The molecule has 0 bridgehead atoms. The van der Waals surface area contributed by atoms with Gasteiger partial charge in [0.25, 0.3) is 0 Å². The number of halogens is 1. The Labute approximate surface area is 83.8 Å². The van der Waals surface area contributed by atoms with E-state index in [1.165, 1.54) is 0 Å². The molecule has 0 aromatic carbocycles. The minimum Gasteiger partial charge on any atom is -0.381 e. The highest BCUT2D eigenvalue weighted by Gasteiger charge is 2.17. The van der Waals surface area contributed by atoms with Crippen LogP contribution in [0.25, 0.3) is 0 Å². The van der Waals surface area contributed by atoms with E-state index in [0.29, 0.717) is 0 Å². The third-order valence-electron chi connectivity index (χ3n) is 2.16. The van der Waals surface area contributed by atoms with Gasteiger partial charge >= 0.3 is 0 Å². The van der Waals surface area contributed by atoms with Crippen molar-refractivity contribution in [2.75, 3.05) is 13.2 Å². The Hall–Kier alpha value is -0.280. The second-order valence-electron chi connectivity index (χ2n) is 3.36. The Morgan fingerprint density at radius 2 is 2.31 bits per heavy atom. The summed E-state index contributed by atoms with van der Waals surface area (Å²) in [6.45, 7) is 3.23. The molecule has 3 nitrogen and oxygen atoms in total. The van der Waals surface area contributed by atoms with Crippen LogP contribution in [-0.4, -0.2) is 30.5 Å². The fourth-order valence-corrected chi connectivity index (χ4v) is 1.43. The number of carbonyl (C=O) groups excluding carboxylic acids is 1. The average molecular weight is 206 g/mol. The molecular formula is C9H16ClNO2. The zero-order valence-electron chi connectivity index (χ0n) is 7.88. The van der Waals surface area contributed by atoms with Crippen molar-refractivity contribution in [2.45, 2.75) is 37.6 Å². The SMILES string of the molecule is CC(Cl)C(=O)NC1CCCOCC1. The second kappa shape index (κ2) is 5.45. The Morgan fingerprint density at radius 3 is 3.00 bits per heavy atom. The molecule has 0 aliphatic carbocycles. The normalized spacial score (nSPS) is 26.2. The molecule has 0 radical (unpaired) electrons. The highest BCUT2D eigenvalue weighted by atomic mass is 35.5. The summed E-state index contributed by atoms with van der Waals surface area (Å²) < 4.78 is 5.28. The van der Waals surface area contributed by atoms with Crippen LogP contribution in [0.5, 0.6) is 0 Å². The van der Waals surface area contributed by atoms with Gasteiger partial charge in [0, 0.05) is 19.3 Å². The molecule has 2 unspecified atom stereocenters. The van der Waals surface area contributed by atoms with Gasteiger partial charge in [0.05, 0.1) is 0 Å². The number of amides is 1. The maximum atomic E-state index is 11.2. The summed E-state index contributed by atoms with van der Waals surface area (Å²) in [6.07, 6.45) is 2.91. The van der Waals surface area contributed by atoms with Crippen molar-refractivity contribution in [1.82, 2.24) is 5.32 Å². The quantitative estimate of drug-likeness (QED) is 0.691. The Kier molecular flexibility index (Phi) is 4.53. The third kappa shape index (κ3) is 3.96. The number of hydrogen-bond acceptors (Lipinski definition) is 2. The lowest BCUT2D eigenvalue weighted by Gasteiger charge is -2.16. The van der Waals surface area contributed by atoms with Crippen LogP contribution in [0.4, 0.5) is 0 Å². The molecule has 0 aromatic heterocycles. The van der Waals surface area contributed by atoms with E-state index in [1.807, 2.05) is 0 Å². The van der Waals surface area contributed by atoms with Crippen LogP contribution < -0.4 is 5.32 Å². The Bertz CT molecular complexity index is 165. The van der Waals surface area contributed by atoms with Gasteiger partial charge in [-0.15, -0.1) is 11.6 Å². The lowest BCUT2D eigenvalue weighted by Crippen LogP contribution is -2.38. The average Bonchev–Trinajstić information content (AvgIpc) is 2.32. The minimum absolute atomic E-state index is 0.0754. The van der Waals surface area contributed by atoms with Crippen molar-refractivity contribution in [3.63, 3.8) is 0 Å². The fourth-order valence-electron chi connectivity index (χ4n) is 1.36. The summed E-state index contributed by atoms with van der Waals surface area (Å²) in [5.74, 6) is -0.0754. The van der Waals surface area contributed by atoms with Gasteiger partial charge in [-0.1, -0.05) is 0 Å². The summed E-state index contributed by atoms with van der Waals surface area (Å²) in [7, 11) is 0. The lowest BCUT2D eigenvalue weighted by molar-refractivity contribution is -0.121. The molecule has 1 N–H and O–H groups in total. The van der Waals surface area contributed by atoms with E-state index in [4.69, 9.17) is 16.3 Å². The van der Waals surface area contributed by atoms with Gasteiger partial charge < -0.3 is 10.1 Å². The highest BCUT2D eigenvalue weighted by Crippen LogP contribution is 2.08. The molecule has 76 valence electrons. The highest BCUT2D eigenvalue weighted by molar-refractivity contribution is 6.30. The van der Waals surface area contributed by atoms with Crippen molar-refractivity contribution in [2.24, 2.45) is 0 Å². The van der Waals surface area contributed by atoms with Crippen LogP contribution in [-0.2, 0) is 9.53 Å². The fraction of sp³-hybridized carbons (Fsp3) is 0.889. The summed E-state index contributed by atoms with van der Waals surface area (Å²) in [4.78, 5) is 11.2. The molecule has 1 heterocycles. The molecule has 1 saturated heterocycles. The van der Waals surface area contributed by atoms with E-state index in [9.17, 15) is 4.79 Å². The molecule has 1 amide bonds.